The van der Waals surface area contributed by atoms with Crippen molar-refractivity contribution in [1.29, 1.82) is 0 Å². The Bertz CT molecular complexity index is 700. The van der Waals surface area contributed by atoms with E-state index in [0.717, 1.165) is 18.8 Å². The van der Waals surface area contributed by atoms with Crippen LogP contribution in [0, 0.1) is 0 Å². The van der Waals surface area contributed by atoms with Gasteiger partial charge in [-0.15, -0.1) is 0 Å². The zero-order valence-electron chi connectivity index (χ0n) is 14.3. The second kappa shape index (κ2) is 8.09. The Balaban J connectivity index is 1.64. The first-order chi connectivity index (χ1) is 12.2. The van der Waals surface area contributed by atoms with E-state index in [1.807, 2.05) is 42.5 Å². The summed E-state index contributed by atoms with van der Waals surface area (Å²) in [7, 11) is 1.59. The van der Waals surface area contributed by atoms with E-state index in [1.165, 1.54) is 0 Å². The number of hydrogen-bond acceptors (Lipinski definition) is 5. The minimum absolute atomic E-state index is 0.113. The van der Waals surface area contributed by atoms with Crippen molar-refractivity contribution in [1.82, 2.24) is 10.3 Å². The molecule has 6 nitrogen and oxygen atoms in total. The van der Waals surface area contributed by atoms with Crippen molar-refractivity contribution in [3.63, 3.8) is 0 Å². The van der Waals surface area contributed by atoms with Gasteiger partial charge in [0, 0.05) is 25.1 Å². The molecule has 2 aromatic rings. The molecule has 132 valence electrons. The Morgan fingerprint density at radius 2 is 2.08 bits per heavy atom. The van der Waals surface area contributed by atoms with Crippen LogP contribution < -0.4 is 15.4 Å². The molecule has 2 N–H and O–H groups in total. The van der Waals surface area contributed by atoms with E-state index in [4.69, 9.17) is 9.47 Å². The lowest BCUT2D eigenvalue weighted by Crippen LogP contribution is -2.51. The Labute approximate surface area is 147 Å². The van der Waals surface area contributed by atoms with E-state index in [1.54, 1.807) is 13.3 Å². The van der Waals surface area contributed by atoms with Crippen LogP contribution in [0.25, 0.3) is 0 Å². The fourth-order valence-electron chi connectivity index (χ4n) is 2.90. The average Bonchev–Trinajstić information content (AvgIpc) is 2.68. The van der Waals surface area contributed by atoms with Crippen molar-refractivity contribution < 1.29 is 14.3 Å². The number of rotatable bonds is 6. The normalized spacial score (nSPS) is 16.2. The number of benzene rings is 1. The van der Waals surface area contributed by atoms with E-state index in [0.29, 0.717) is 30.9 Å². The van der Waals surface area contributed by atoms with E-state index < -0.39 is 5.60 Å². The smallest absolute Gasteiger partial charge is 0.256 e. The molecule has 2 heterocycles. The second-order valence-electron chi connectivity index (χ2n) is 6.04. The molecule has 1 aromatic heterocycles. The van der Waals surface area contributed by atoms with Gasteiger partial charge < -0.3 is 20.1 Å². The van der Waals surface area contributed by atoms with Gasteiger partial charge in [0.05, 0.1) is 5.69 Å². The molecule has 3 rings (SSSR count). The number of amides is 1. The summed E-state index contributed by atoms with van der Waals surface area (Å²) >= 11 is 0. The van der Waals surface area contributed by atoms with Crippen molar-refractivity contribution in [2.45, 2.75) is 25.0 Å². The summed E-state index contributed by atoms with van der Waals surface area (Å²) in [4.78, 5) is 16.9. The molecule has 0 atom stereocenters. The van der Waals surface area contributed by atoms with Crippen LogP contribution in [-0.4, -0.2) is 36.7 Å². The molecule has 0 unspecified atom stereocenters. The van der Waals surface area contributed by atoms with E-state index in [9.17, 15) is 4.79 Å². The molecule has 0 saturated carbocycles. The molecule has 1 aliphatic rings. The molecule has 6 heteroatoms. The number of hydrogen-bond donors (Lipinski definition) is 2. The van der Waals surface area contributed by atoms with Gasteiger partial charge >= 0.3 is 0 Å². The Hall–Kier alpha value is -2.44. The largest absolute Gasteiger partial charge is 0.487 e. The highest BCUT2D eigenvalue weighted by Gasteiger charge is 2.39. The summed E-state index contributed by atoms with van der Waals surface area (Å²) in [5, 5.41) is 6.20. The van der Waals surface area contributed by atoms with Gasteiger partial charge in [-0.1, -0.05) is 12.1 Å². The van der Waals surface area contributed by atoms with Gasteiger partial charge in [0.15, 0.2) is 0 Å². The maximum atomic E-state index is 12.7. The molecule has 0 spiro atoms. The second-order valence-corrected chi connectivity index (χ2v) is 6.04. The minimum atomic E-state index is -0.768. The van der Waals surface area contributed by atoms with Gasteiger partial charge in [0.25, 0.3) is 5.91 Å². The van der Waals surface area contributed by atoms with Crippen LogP contribution >= 0.6 is 0 Å². The third-order valence-corrected chi connectivity index (χ3v) is 4.42. The fourth-order valence-corrected chi connectivity index (χ4v) is 2.90. The summed E-state index contributed by atoms with van der Waals surface area (Å²) in [6, 6.07) is 13.1. The van der Waals surface area contributed by atoms with Crippen LogP contribution in [0.15, 0.2) is 48.7 Å². The van der Waals surface area contributed by atoms with Gasteiger partial charge in [0.2, 0.25) is 0 Å². The molecule has 1 amide bonds. The summed E-state index contributed by atoms with van der Waals surface area (Å²) in [5.74, 6) is 0.568. The highest BCUT2D eigenvalue weighted by Crippen LogP contribution is 2.26. The number of nitrogens with zero attached hydrogens (tertiary/aromatic N) is 1. The molecule has 1 aromatic carbocycles. The van der Waals surface area contributed by atoms with Crippen LogP contribution in [0.1, 0.15) is 18.5 Å². The van der Waals surface area contributed by atoms with Crippen LogP contribution in [-0.2, 0) is 16.1 Å². The van der Waals surface area contributed by atoms with Gasteiger partial charge in [-0.3, -0.25) is 9.78 Å². The van der Waals surface area contributed by atoms with Crippen molar-refractivity contribution in [2.75, 3.05) is 25.5 Å². The average molecular weight is 341 g/mol. The summed E-state index contributed by atoms with van der Waals surface area (Å²) in [6.07, 6.45) is 3.05. The van der Waals surface area contributed by atoms with E-state index in [2.05, 4.69) is 15.6 Å². The van der Waals surface area contributed by atoms with Crippen molar-refractivity contribution in [2.24, 2.45) is 0 Å². The zero-order chi connectivity index (χ0) is 17.5. The Kier molecular flexibility index (Phi) is 5.63. The Morgan fingerprint density at radius 3 is 2.80 bits per heavy atom. The van der Waals surface area contributed by atoms with Crippen LogP contribution in [0.2, 0.25) is 0 Å². The standard InChI is InChI=1S/C19H23N3O3/c1-24-19(8-11-20-12-9-19)18(23)22-15-6-4-7-17(13-15)25-14-16-5-2-3-10-21-16/h2-7,10,13,20H,8-9,11-12,14H2,1H3,(H,22,23). The molecule has 25 heavy (non-hydrogen) atoms. The highest BCUT2D eigenvalue weighted by atomic mass is 16.5. The number of piperidine rings is 1. The highest BCUT2D eigenvalue weighted by molar-refractivity contribution is 5.97. The van der Waals surface area contributed by atoms with E-state index >= 15 is 0 Å². The number of pyridine rings is 1. The first kappa shape index (κ1) is 17.4. The first-order valence-electron chi connectivity index (χ1n) is 8.42. The monoisotopic (exact) mass is 341 g/mol. The molecule has 1 fully saturated rings. The number of methoxy groups -OCH3 is 1. The van der Waals surface area contributed by atoms with Crippen LogP contribution in [0.5, 0.6) is 5.75 Å². The lowest BCUT2D eigenvalue weighted by Gasteiger charge is -2.34. The Morgan fingerprint density at radius 1 is 1.24 bits per heavy atom. The predicted molar refractivity (Wildman–Crippen MR) is 95.5 cm³/mol. The predicted octanol–water partition coefficient (Wildman–Crippen LogP) is 2.37. The first-order valence-corrected chi connectivity index (χ1v) is 8.42. The number of carbonyl (C=O) groups is 1. The molecule has 1 saturated heterocycles. The third-order valence-electron chi connectivity index (χ3n) is 4.42. The van der Waals surface area contributed by atoms with Crippen molar-refractivity contribution in [3.8, 4) is 5.75 Å². The molecule has 0 radical (unpaired) electrons. The molecular formula is C19H23N3O3. The quantitative estimate of drug-likeness (QED) is 0.844. The molecular weight excluding hydrogens is 318 g/mol. The number of anilines is 1. The fraction of sp³-hybridized carbons (Fsp3) is 0.368. The topological polar surface area (TPSA) is 72.5 Å². The minimum Gasteiger partial charge on any atom is -0.487 e. The molecule has 0 bridgehead atoms. The van der Waals surface area contributed by atoms with Crippen LogP contribution in [0.4, 0.5) is 5.69 Å². The lowest BCUT2D eigenvalue weighted by atomic mass is 9.91. The molecule has 1 aliphatic heterocycles. The van der Waals surface area contributed by atoms with E-state index in [-0.39, 0.29) is 5.91 Å². The zero-order valence-corrected chi connectivity index (χ0v) is 14.3. The van der Waals surface area contributed by atoms with Crippen LogP contribution in [0.3, 0.4) is 0 Å². The number of ether oxygens (including phenoxy) is 2. The summed E-state index contributed by atoms with van der Waals surface area (Å²) in [5.41, 5.74) is 0.777. The molecule has 0 aliphatic carbocycles. The van der Waals surface area contributed by atoms with Gasteiger partial charge in [-0.25, -0.2) is 0 Å². The van der Waals surface area contributed by atoms with Gasteiger partial charge in [-0.2, -0.15) is 0 Å². The lowest BCUT2D eigenvalue weighted by molar-refractivity contribution is -0.140. The van der Waals surface area contributed by atoms with Gasteiger partial charge in [0.1, 0.15) is 18.0 Å². The SMILES string of the molecule is COC1(C(=O)Nc2cccc(OCc3ccccn3)c2)CCNCC1. The number of nitrogens with one attached hydrogen (secondary N) is 2. The summed E-state index contributed by atoms with van der Waals surface area (Å²) < 4.78 is 11.3. The maximum absolute atomic E-state index is 12.7. The van der Waals surface area contributed by atoms with Gasteiger partial charge in [-0.05, 0) is 50.2 Å². The van der Waals surface area contributed by atoms with Crippen molar-refractivity contribution in [3.05, 3.63) is 54.4 Å². The number of carbonyl (C=O) groups excluding carboxylic acids is 1. The number of aromatic nitrogens is 1. The maximum Gasteiger partial charge on any atom is 0.256 e. The third kappa shape index (κ3) is 4.35. The summed E-state index contributed by atoms with van der Waals surface area (Å²) in [6.45, 7) is 1.93. The van der Waals surface area contributed by atoms with Crippen molar-refractivity contribution >= 4 is 11.6 Å².